The number of nitrogens with zero attached hydrogens (tertiary/aromatic N) is 3. The third-order valence-electron chi connectivity index (χ3n) is 3.50. The highest BCUT2D eigenvalue weighted by Gasteiger charge is 2.25. The molecule has 2 atom stereocenters. The molecule has 2 aliphatic rings. The van der Waals surface area contributed by atoms with Gasteiger partial charge in [-0.1, -0.05) is 13.5 Å². The van der Waals surface area contributed by atoms with Gasteiger partial charge in [0.2, 0.25) is 0 Å². The summed E-state index contributed by atoms with van der Waals surface area (Å²) in [4.78, 5) is 6.53. The number of allylic oxidation sites excluding steroid dienone is 1. The summed E-state index contributed by atoms with van der Waals surface area (Å²) in [5, 5.41) is 6.97. The summed E-state index contributed by atoms with van der Waals surface area (Å²) in [5.74, 6) is 1.68. The van der Waals surface area contributed by atoms with Gasteiger partial charge in [0.05, 0.1) is 19.2 Å². The fourth-order valence-corrected chi connectivity index (χ4v) is 2.35. The lowest BCUT2D eigenvalue weighted by molar-refractivity contribution is 0.177. The Kier molecular flexibility index (Phi) is 4.24. The summed E-state index contributed by atoms with van der Waals surface area (Å²) >= 11 is 0. The van der Waals surface area contributed by atoms with Gasteiger partial charge < -0.3 is 25.3 Å². The van der Waals surface area contributed by atoms with E-state index < -0.39 is 0 Å². The number of rotatable bonds is 5. The molecule has 2 N–H and O–H groups in total. The first-order chi connectivity index (χ1) is 9.08. The van der Waals surface area contributed by atoms with Gasteiger partial charge in [0.15, 0.2) is 0 Å². The lowest BCUT2D eigenvalue weighted by Gasteiger charge is -2.36. The second-order valence-electron chi connectivity index (χ2n) is 5.44. The van der Waals surface area contributed by atoms with Crippen LogP contribution in [0, 0.1) is 5.92 Å². The van der Waals surface area contributed by atoms with E-state index in [9.17, 15) is 0 Å². The SMILES string of the molecule is C=CN(C)CNC1=CC(C)CC(N2C=CN(C)C2)N1. The van der Waals surface area contributed by atoms with E-state index >= 15 is 0 Å². The van der Waals surface area contributed by atoms with E-state index in [1.165, 1.54) is 0 Å². The molecule has 0 aromatic heterocycles. The van der Waals surface area contributed by atoms with Crippen LogP contribution in [0.3, 0.4) is 0 Å². The van der Waals surface area contributed by atoms with Gasteiger partial charge in [0.25, 0.3) is 0 Å². The van der Waals surface area contributed by atoms with Crippen molar-refractivity contribution in [3.8, 4) is 0 Å². The van der Waals surface area contributed by atoms with Gasteiger partial charge in [-0.25, -0.2) is 0 Å². The number of hydrogen-bond acceptors (Lipinski definition) is 5. The fraction of sp³-hybridized carbons (Fsp3) is 0.571. The summed E-state index contributed by atoms with van der Waals surface area (Å²) in [6, 6.07) is 0. The fourth-order valence-electron chi connectivity index (χ4n) is 2.35. The Balaban J connectivity index is 1.91. The van der Waals surface area contributed by atoms with E-state index in [1.807, 2.05) is 18.1 Å². The van der Waals surface area contributed by atoms with E-state index in [0.29, 0.717) is 12.1 Å². The van der Waals surface area contributed by atoms with E-state index in [0.717, 1.165) is 25.6 Å². The quantitative estimate of drug-likeness (QED) is 0.726. The van der Waals surface area contributed by atoms with Gasteiger partial charge in [-0.2, -0.15) is 0 Å². The average Bonchev–Trinajstić information content (AvgIpc) is 2.82. The Labute approximate surface area is 116 Å². The molecule has 0 aromatic carbocycles. The Bertz CT molecular complexity index is 376. The largest absolute Gasteiger partial charge is 0.364 e. The van der Waals surface area contributed by atoms with Crippen LogP contribution in [0.4, 0.5) is 0 Å². The second kappa shape index (κ2) is 5.91. The van der Waals surface area contributed by atoms with Gasteiger partial charge in [-0.3, -0.25) is 0 Å². The standard InChI is InChI=1S/C14H25N5/c1-5-17(3)10-15-13-8-12(2)9-14(16-13)19-7-6-18(4)11-19/h5-8,12,14-16H,1,9-11H2,2-4H3. The van der Waals surface area contributed by atoms with Crippen LogP contribution in [0.1, 0.15) is 13.3 Å². The maximum absolute atomic E-state index is 3.75. The number of hydrogen-bond donors (Lipinski definition) is 2. The van der Waals surface area contributed by atoms with Gasteiger partial charge in [0.1, 0.15) is 6.17 Å². The van der Waals surface area contributed by atoms with Crippen LogP contribution < -0.4 is 10.6 Å². The maximum atomic E-state index is 3.75. The third-order valence-corrected chi connectivity index (χ3v) is 3.50. The minimum absolute atomic E-state index is 0.359. The van der Waals surface area contributed by atoms with Crippen LogP contribution >= 0.6 is 0 Å². The molecule has 0 aromatic rings. The zero-order valence-corrected chi connectivity index (χ0v) is 12.1. The highest BCUT2D eigenvalue weighted by Crippen LogP contribution is 2.20. The predicted octanol–water partition coefficient (Wildman–Crippen LogP) is 1.08. The van der Waals surface area contributed by atoms with E-state index in [-0.39, 0.29) is 0 Å². The Morgan fingerprint density at radius 1 is 1.58 bits per heavy atom. The van der Waals surface area contributed by atoms with Crippen molar-refractivity contribution >= 4 is 0 Å². The van der Waals surface area contributed by atoms with Crippen molar-refractivity contribution in [2.24, 2.45) is 5.92 Å². The predicted molar refractivity (Wildman–Crippen MR) is 78.4 cm³/mol. The molecule has 5 heteroatoms. The molecule has 0 amide bonds. The van der Waals surface area contributed by atoms with E-state index in [1.54, 1.807) is 0 Å². The first kappa shape index (κ1) is 13.6. The molecule has 0 bridgehead atoms. The zero-order chi connectivity index (χ0) is 13.8. The van der Waals surface area contributed by atoms with Gasteiger partial charge in [-0.05, 0) is 24.6 Å². The van der Waals surface area contributed by atoms with Crippen molar-refractivity contribution in [1.29, 1.82) is 0 Å². The first-order valence-corrected chi connectivity index (χ1v) is 6.78. The van der Waals surface area contributed by atoms with Crippen molar-refractivity contribution in [3.63, 3.8) is 0 Å². The summed E-state index contributed by atoms with van der Waals surface area (Å²) in [6.07, 6.45) is 9.83. The monoisotopic (exact) mass is 263 g/mol. The molecule has 0 saturated heterocycles. The topological polar surface area (TPSA) is 33.8 Å². The van der Waals surface area contributed by atoms with Crippen LogP contribution in [0.25, 0.3) is 0 Å². The molecule has 2 heterocycles. The molecule has 106 valence electrons. The third kappa shape index (κ3) is 3.59. The van der Waals surface area contributed by atoms with Gasteiger partial charge in [0, 0.05) is 26.5 Å². The molecule has 0 aliphatic carbocycles. The Hall–Kier alpha value is -1.78. The van der Waals surface area contributed by atoms with E-state index in [2.05, 4.69) is 59.5 Å². The first-order valence-electron chi connectivity index (χ1n) is 6.78. The molecule has 19 heavy (non-hydrogen) atoms. The smallest absolute Gasteiger partial charge is 0.102 e. The molecular weight excluding hydrogens is 238 g/mol. The summed E-state index contributed by atoms with van der Waals surface area (Å²) < 4.78 is 0. The summed E-state index contributed by atoms with van der Waals surface area (Å²) in [5.41, 5.74) is 0. The minimum Gasteiger partial charge on any atom is -0.364 e. The van der Waals surface area contributed by atoms with Gasteiger partial charge >= 0.3 is 0 Å². The van der Waals surface area contributed by atoms with Gasteiger partial charge in [-0.15, -0.1) is 0 Å². The maximum Gasteiger partial charge on any atom is 0.102 e. The lowest BCUT2D eigenvalue weighted by atomic mass is 10.0. The molecule has 2 aliphatic heterocycles. The summed E-state index contributed by atoms with van der Waals surface area (Å²) in [7, 11) is 4.10. The highest BCUT2D eigenvalue weighted by atomic mass is 15.4. The van der Waals surface area contributed by atoms with Crippen molar-refractivity contribution in [2.45, 2.75) is 19.5 Å². The Morgan fingerprint density at radius 2 is 2.37 bits per heavy atom. The Morgan fingerprint density at radius 3 is 3.00 bits per heavy atom. The van der Waals surface area contributed by atoms with Crippen LogP contribution in [0.2, 0.25) is 0 Å². The minimum atomic E-state index is 0.359. The van der Waals surface area contributed by atoms with Crippen LogP contribution in [0.5, 0.6) is 0 Å². The molecule has 2 unspecified atom stereocenters. The highest BCUT2D eigenvalue weighted by molar-refractivity contribution is 5.08. The molecule has 5 nitrogen and oxygen atoms in total. The van der Waals surface area contributed by atoms with Crippen LogP contribution in [-0.4, -0.2) is 48.3 Å². The van der Waals surface area contributed by atoms with Crippen molar-refractivity contribution in [3.05, 3.63) is 37.1 Å². The van der Waals surface area contributed by atoms with Crippen molar-refractivity contribution in [1.82, 2.24) is 25.3 Å². The molecule has 0 saturated carbocycles. The lowest BCUT2D eigenvalue weighted by Crippen LogP contribution is -2.49. The summed E-state index contributed by atoms with van der Waals surface area (Å²) in [6.45, 7) is 7.72. The normalized spacial score (nSPS) is 25.9. The molecule has 0 radical (unpaired) electrons. The second-order valence-corrected chi connectivity index (χ2v) is 5.44. The average molecular weight is 263 g/mol. The zero-order valence-electron chi connectivity index (χ0n) is 12.1. The van der Waals surface area contributed by atoms with Crippen molar-refractivity contribution < 1.29 is 0 Å². The van der Waals surface area contributed by atoms with Crippen LogP contribution in [-0.2, 0) is 0 Å². The molecule has 0 spiro atoms. The number of nitrogens with one attached hydrogen (secondary N) is 2. The van der Waals surface area contributed by atoms with Crippen LogP contribution in [0.15, 0.2) is 37.1 Å². The van der Waals surface area contributed by atoms with Crippen molar-refractivity contribution in [2.75, 3.05) is 27.4 Å². The molecular formula is C14H25N5. The molecule has 2 rings (SSSR count). The van der Waals surface area contributed by atoms with E-state index in [4.69, 9.17) is 0 Å². The molecule has 0 fully saturated rings.